The van der Waals surface area contributed by atoms with Gasteiger partial charge in [0.05, 0.1) is 22.7 Å². The van der Waals surface area contributed by atoms with Crippen LogP contribution in [0.5, 0.6) is 11.5 Å². The third-order valence-corrected chi connectivity index (χ3v) is 6.45. The third-order valence-electron chi connectivity index (χ3n) is 4.04. The second-order valence-electron chi connectivity index (χ2n) is 6.27. The molecule has 0 radical (unpaired) electrons. The molecule has 0 fully saturated rings. The van der Waals surface area contributed by atoms with Crippen LogP contribution in [0.2, 0.25) is 5.02 Å². The number of hydrogen-bond acceptors (Lipinski definition) is 5. The number of rotatable bonds is 8. The van der Waals surface area contributed by atoms with Gasteiger partial charge in [-0.15, -0.1) is 0 Å². The van der Waals surface area contributed by atoms with E-state index in [0.717, 1.165) is 3.57 Å². The van der Waals surface area contributed by atoms with E-state index in [9.17, 15) is 13.2 Å². The minimum atomic E-state index is -3.83. The first-order valence-electron chi connectivity index (χ1n) is 8.91. The zero-order valence-corrected chi connectivity index (χ0v) is 20.0. The van der Waals surface area contributed by atoms with Crippen LogP contribution in [0.3, 0.4) is 0 Å². The Labute approximate surface area is 198 Å². The van der Waals surface area contributed by atoms with Crippen LogP contribution < -0.4 is 19.5 Å². The van der Waals surface area contributed by atoms with Gasteiger partial charge in [0.1, 0.15) is 11.5 Å². The number of benzene rings is 3. The minimum absolute atomic E-state index is 0.0372. The van der Waals surface area contributed by atoms with Crippen LogP contribution in [0, 0.1) is 3.57 Å². The number of amides is 1. The quantitative estimate of drug-likeness (QED) is 0.379. The molecule has 31 heavy (non-hydrogen) atoms. The number of halogens is 2. The average Bonchev–Trinajstić information content (AvgIpc) is 2.74. The van der Waals surface area contributed by atoms with Crippen molar-refractivity contribution in [3.8, 4) is 11.5 Å². The molecule has 0 saturated heterocycles. The van der Waals surface area contributed by atoms with Gasteiger partial charge in [-0.3, -0.25) is 9.52 Å². The number of ether oxygens (including phenoxy) is 2. The van der Waals surface area contributed by atoms with Crippen molar-refractivity contribution < 1.29 is 22.7 Å². The van der Waals surface area contributed by atoms with Crippen molar-refractivity contribution in [3.63, 3.8) is 0 Å². The van der Waals surface area contributed by atoms with E-state index in [1.165, 1.54) is 37.4 Å². The lowest BCUT2D eigenvalue weighted by molar-refractivity contribution is -0.118. The first-order valence-corrected chi connectivity index (χ1v) is 11.9. The fourth-order valence-corrected chi connectivity index (χ4v) is 4.20. The van der Waals surface area contributed by atoms with Crippen LogP contribution in [0.25, 0.3) is 0 Å². The monoisotopic (exact) mass is 572 g/mol. The Hall–Kier alpha value is -2.50. The van der Waals surface area contributed by atoms with Crippen LogP contribution >= 0.6 is 34.2 Å². The SMILES string of the molecule is COc1ccc(NS(=O)(=O)c2ccc(OCC(=O)Nc3ccc(I)cc3)cc2)cc1Cl. The van der Waals surface area contributed by atoms with Gasteiger partial charge in [0.15, 0.2) is 6.61 Å². The largest absolute Gasteiger partial charge is 0.495 e. The summed E-state index contributed by atoms with van der Waals surface area (Å²) in [6.45, 7) is -0.208. The topological polar surface area (TPSA) is 93.7 Å². The van der Waals surface area contributed by atoms with E-state index < -0.39 is 10.0 Å². The maximum atomic E-state index is 12.6. The number of anilines is 2. The fraction of sp³-hybridized carbons (Fsp3) is 0.0952. The minimum Gasteiger partial charge on any atom is -0.495 e. The molecule has 10 heteroatoms. The van der Waals surface area contributed by atoms with Gasteiger partial charge in [0.25, 0.3) is 15.9 Å². The van der Waals surface area contributed by atoms with Gasteiger partial charge in [-0.2, -0.15) is 0 Å². The summed E-state index contributed by atoms with van der Waals surface area (Å²) in [6.07, 6.45) is 0. The molecule has 0 heterocycles. The molecule has 3 rings (SSSR count). The van der Waals surface area contributed by atoms with Crippen molar-refractivity contribution in [1.82, 2.24) is 0 Å². The standard InChI is InChI=1S/C21H18ClIN2O5S/c1-29-20-11-6-16(12-19(20)22)25-31(27,28)18-9-7-17(8-10-18)30-13-21(26)24-15-4-2-14(23)3-5-15/h2-12,25H,13H2,1H3,(H,24,26). The molecule has 0 atom stereocenters. The van der Waals surface area contributed by atoms with Crippen molar-refractivity contribution in [2.75, 3.05) is 23.8 Å². The molecule has 162 valence electrons. The lowest BCUT2D eigenvalue weighted by Gasteiger charge is -2.11. The van der Waals surface area contributed by atoms with Crippen LogP contribution in [-0.2, 0) is 14.8 Å². The molecular weight excluding hydrogens is 555 g/mol. The number of methoxy groups -OCH3 is 1. The van der Waals surface area contributed by atoms with Gasteiger partial charge in [0.2, 0.25) is 0 Å². The Bertz CT molecular complexity index is 1170. The fourth-order valence-electron chi connectivity index (χ4n) is 2.54. The zero-order chi connectivity index (χ0) is 22.4. The third kappa shape index (κ3) is 6.49. The molecule has 0 saturated carbocycles. The van der Waals surface area contributed by atoms with Gasteiger partial charge < -0.3 is 14.8 Å². The van der Waals surface area contributed by atoms with Crippen LogP contribution in [-0.4, -0.2) is 28.0 Å². The molecule has 0 aliphatic heterocycles. The van der Waals surface area contributed by atoms with Crippen molar-refractivity contribution in [2.45, 2.75) is 4.90 Å². The van der Waals surface area contributed by atoms with E-state index in [1.807, 2.05) is 12.1 Å². The Morgan fingerprint density at radius 1 is 1.00 bits per heavy atom. The maximum absolute atomic E-state index is 12.6. The van der Waals surface area contributed by atoms with E-state index in [0.29, 0.717) is 22.9 Å². The van der Waals surface area contributed by atoms with Gasteiger partial charge >= 0.3 is 0 Å². The van der Waals surface area contributed by atoms with Gasteiger partial charge in [-0.1, -0.05) is 11.6 Å². The number of hydrogen-bond donors (Lipinski definition) is 2. The number of nitrogens with one attached hydrogen (secondary N) is 2. The first-order chi connectivity index (χ1) is 14.8. The van der Waals surface area contributed by atoms with Crippen LogP contribution in [0.15, 0.2) is 71.6 Å². The summed E-state index contributed by atoms with van der Waals surface area (Å²) in [5, 5.41) is 3.01. The van der Waals surface area contributed by atoms with Crippen molar-refractivity contribution in [1.29, 1.82) is 0 Å². The van der Waals surface area contributed by atoms with Crippen molar-refractivity contribution in [2.24, 2.45) is 0 Å². The van der Waals surface area contributed by atoms with E-state index in [2.05, 4.69) is 32.6 Å². The molecule has 0 aliphatic carbocycles. The van der Waals surface area contributed by atoms with Crippen molar-refractivity contribution in [3.05, 3.63) is 75.3 Å². The summed E-state index contributed by atoms with van der Waals surface area (Å²) in [5.41, 5.74) is 0.971. The molecule has 0 unspecified atom stereocenters. The second-order valence-corrected chi connectivity index (χ2v) is 9.61. The molecule has 0 aliphatic rings. The van der Waals surface area contributed by atoms with Gasteiger partial charge in [-0.25, -0.2) is 8.42 Å². The average molecular weight is 573 g/mol. The highest BCUT2D eigenvalue weighted by molar-refractivity contribution is 14.1. The number of sulfonamides is 1. The van der Waals surface area contributed by atoms with Crippen molar-refractivity contribution >= 4 is 61.5 Å². The van der Waals surface area contributed by atoms with Gasteiger partial charge in [0, 0.05) is 9.26 Å². The zero-order valence-electron chi connectivity index (χ0n) is 16.3. The summed E-state index contributed by atoms with van der Waals surface area (Å²) in [4.78, 5) is 12.0. The molecule has 2 N–H and O–H groups in total. The van der Waals surface area contributed by atoms with Crippen LogP contribution in [0.4, 0.5) is 11.4 Å². The molecule has 1 amide bonds. The Morgan fingerprint density at radius 2 is 1.65 bits per heavy atom. The highest BCUT2D eigenvalue weighted by atomic mass is 127. The Morgan fingerprint density at radius 3 is 2.26 bits per heavy atom. The predicted molar refractivity (Wildman–Crippen MR) is 129 cm³/mol. The molecular formula is C21H18ClIN2O5S. The van der Waals surface area contributed by atoms with E-state index in [4.69, 9.17) is 21.1 Å². The summed E-state index contributed by atoms with van der Waals surface area (Å²) >= 11 is 8.21. The molecule has 0 spiro atoms. The van der Waals surface area contributed by atoms with Crippen LogP contribution in [0.1, 0.15) is 0 Å². The molecule has 7 nitrogen and oxygen atoms in total. The molecule has 3 aromatic rings. The Kier molecular flexibility index (Phi) is 7.63. The van der Waals surface area contributed by atoms with Gasteiger partial charge in [-0.05, 0) is 89.3 Å². The lowest BCUT2D eigenvalue weighted by atomic mass is 10.3. The lowest BCUT2D eigenvalue weighted by Crippen LogP contribution is -2.20. The van der Waals surface area contributed by atoms with E-state index in [-0.39, 0.29) is 22.4 Å². The second kappa shape index (κ2) is 10.2. The highest BCUT2D eigenvalue weighted by Crippen LogP contribution is 2.28. The normalized spacial score (nSPS) is 10.9. The summed E-state index contributed by atoms with van der Waals surface area (Å²) in [5.74, 6) is 0.484. The maximum Gasteiger partial charge on any atom is 0.262 e. The summed E-state index contributed by atoms with van der Waals surface area (Å²) in [6, 6.07) is 17.7. The van der Waals surface area contributed by atoms with E-state index >= 15 is 0 Å². The molecule has 3 aromatic carbocycles. The molecule has 0 bridgehead atoms. The molecule has 0 aromatic heterocycles. The van der Waals surface area contributed by atoms with E-state index in [1.54, 1.807) is 24.3 Å². The smallest absolute Gasteiger partial charge is 0.262 e. The number of carbonyl (C=O) groups excluding carboxylic acids is 1. The Balaban J connectivity index is 1.59. The number of carbonyl (C=O) groups is 1. The summed E-state index contributed by atoms with van der Waals surface area (Å²) < 4.78 is 39.2. The first kappa shape index (κ1) is 23.2. The predicted octanol–water partition coefficient (Wildman–Crippen LogP) is 4.77. The highest BCUT2D eigenvalue weighted by Gasteiger charge is 2.15. The summed E-state index contributed by atoms with van der Waals surface area (Å²) in [7, 11) is -2.35.